The molecule has 2 heteroatoms. The van der Waals surface area contributed by atoms with Crippen LogP contribution in [-0.4, -0.2) is 13.1 Å². The van der Waals surface area contributed by atoms with Crippen molar-refractivity contribution in [2.45, 2.75) is 26.7 Å². The summed E-state index contributed by atoms with van der Waals surface area (Å²) in [6.45, 7) is 10.4. The number of benzene rings is 1. The topological polar surface area (TPSA) is 12.0 Å². The third kappa shape index (κ3) is 4.93. The molecule has 0 radical (unpaired) electrons. The lowest BCUT2D eigenvalue weighted by molar-refractivity contribution is 0.391. The Bertz CT molecular complexity index is 344. The standard InChI is InChI=1S/C15H22ClN/c1-4-10-17-12-15(3,5-2)11-13-6-8-14(16)9-7-13/h5-9,17H,2,4,10-12H2,1,3H3. The molecule has 0 aromatic heterocycles. The number of rotatable bonds is 7. The molecule has 17 heavy (non-hydrogen) atoms. The summed E-state index contributed by atoms with van der Waals surface area (Å²) in [5.41, 5.74) is 1.40. The Kier molecular flexibility index (Phi) is 5.73. The molecule has 0 heterocycles. The highest BCUT2D eigenvalue weighted by Gasteiger charge is 2.20. The van der Waals surface area contributed by atoms with E-state index >= 15 is 0 Å². The van der Waals surface area contributed by atoms with E-state index in [-0.39, 0.29) is 5.41 Å². The van der Waals surface area contributed by atoms with Crippen molar-refractivity contribution in [2.24, 2.45) is 5.41 Å². The number of hydrogen-bond acceptors (Lipinski definition) is 1. The van der Waals surface area contributed by atoms with E-state index in [1.807, 2.05) is 18.2 Å². The van der Waals surface area contributed by atoms with E-state index in [1.54, 1.807) is 0 Å². The largest absolute Gasteiger partial charge is 0.316 e. The fourth-order valence-corrected chi connectivity index (χ4v) is 1.95. The van der Waals surface area contributed by atoms with Crippen LogP contribution < -0.4 is 5.32 Å². The van der Waals surface area contributed by atoms with E-state index in [0.717, 1.165) is 31.0 Å². The summed E-state index contributed by atoms with van der Waals surface area (Å²) in [6.07, 6.45) is 4.20. The van der Waals surface area contributed by atoms with Gasteiger partial charge in [0.1, 0.15) is 0 Å². The van der Waals surface area contributed by atoms with Gasteiger partial charge in [-0.25, -0.2) is 0 Å². The van der Waals surface area contributed by atoms with Gasteiger partial charge in [-0.05, 0) is 37.1 Å². The summed E-state index contributed by atoms with van der Waals surface area (Å²) in [5.74, 6) is 0. The van der Waals surface area contributed by atoms with Gasteiger partial charge in [0.2, 0.25) is 0 Å². The Morgan fingerprint density at radius 1 is 1.35 bits per heavy atom. The first-order valence-electron chi connectivity index (χ1n) is 6.18. The first kappa shape index (κ1) is 14.3. The molecule has 1 atom stereocenters. The van der Waals surface area contributed by atoms with Crippen LogP contribution in [0.2, 0.25) is 5.02 Å². The van der Waals surface area contributed by atoms with Crippen LogP contribution in [0.5, 0.6) is 0 Å². The Morgan fingerprint density at radius 2 is 2.00 bits per heavy atom. The van der Waals surface area contributed by atoms with Gasteiger partial charge in [0.15, 0.2) is 0 Å². The molecule has 0 amide bonds. The zero-order chi connectivity index (χ0) is 12.7. The van der Waals surface area contributed by atoms with Gasteiger partial charge in [-0.1, -0.05) is 43.7 Å². The molecular formula is C15H22ClN. The van der Waals surface area contributed by atoms with E-state index in [4.69, 9.17) is 11.6 Å². The third-order valence-electron chi connectivity index (χ3n) is 2.97. The Hall–Kier alpha value is -0.790. The van der Waals surface area contributed by atoms with Crippen LogP contribution in [0.3, 0.4) is 0 Å². The second-order valence-corrected chi connectivity index (χ2v) is 5.27. The van der Waals surface area contributed by atoms with Gasteiger partial charge in [0.05, 0.1) is 0 Å². The molecule has 94 valence electrons. The van der Waals surface area contributed by atoms with Crippen LogP contribution >= 0.6 is 11.6 Å². The Morgan fingerprint density at radius 3 is 2.53 bits per heavy atom. The number of halogens is 1. The van der Waals surface area contributed by atoms with E-state index in [9.17, 15) is 0 Å². The first-order chi connectivity index (χ1) is 8.09. The van der Waals surface area contributed by atoms with Crippen molar-refractivity contribution in [3.63, 3.8) is 0 Å². The second kappa shape index (κ2) is 6.83. The zero-order valence-electron chi connectivity index (χ0n) is 10.8. The zero-order valence-corrected chi connectivity index (χ0v) is 11.6. The molecule has 0 aliphatic heterocycles. The molecule has 0 aliphatic carbocycles. The minimum Gasteiger partial charge on any atom is -0.316 e. The molecule has 1 aromatic rings. The number of nitrogens with one attached hydrogen (secondary N) is 1. The van der Waals surface area contributed by atoms with Gasteiger partial charge in [-0.15, -0.1) is 6.58 Å². The highest BCUT2D eigenvalue weighted by molar-refractivity contribution is 6.30. The van der Waals surface area contributed by atoms with E-state index in [0.29, 0.717) is 0 Å². The summed E-state index contributed by atoms with van der Waals surface area (Å²) in [4.78, 5) is 0. The molecule has 1 rings (SSSR count). The SMILES string of the molecule is C=CC(C)(CNCCC)Cc1ccc(Cl)cc1. The van der Waals surface area contributed by atoms with Crippen molar-refractivity contribution in [2.75, 3.05) is 13.1 Å². The summed E-state index contributed by atoms with van der Waals surface area (Å²) in [5, 5.41) is 4.25. The van der Waals surface area contributed by atoms with Gasteiger partial charge in [0.25, 0.3) is 0 Å². The monoisotopic (exact) mass is 251 g/mol. The summed E-state index contributed by atoms with van der Waals surface area (Å²) < 4.78 is 0. The first-order valence-corrected chi connectivity index (χ1v) is 6.56. The van der Waals surface area contributed by atoms with Crippen LogP contribution in [0.25, 0.3) is 0 Å². The van der Waals surface area contributed by atoms with Crippen LogP contribution in [0.4, 0.5) is 0 Å². The highest BCUT2D eigenvalue weighted by atomic mass is 35.5. The maximum atomic E-state index is 5.89. The summed E-state index contributed by atoms with van der Waals surface area (Å²) in [6, 6.07) is 8.06. The highest BCUT2D eigenvalue weighted by Crippen LogP contribution is 2.24. The molecule has 1 nitrogen and oxygen atoms in total. The van der Waals surface area contributed by atoms with Crippen molar-refractivity contribution < 1.29 is 0 Å². The van der Waals surface area contributed by atoms with Gasteiger partial charge < -0.3 is 5.32 Å². The van der Waals surface area contributed by atoms with Crippen LogP contribution in [-0.2, 0) is 6.42 Å². The maximum absolute atomic E-state index is 5.89. The van der Waals surface area contributed by atoms with Gasteiger partial charge in [-0.3, -0.25) is 0 Å². The van der Waals surface area contributed by atoms with Crippen molar-refractivity contribution in [3.05, 3.63) is 47.5 Å². The average Bonchev–Trinajstić information content (AvgIpc) is 2.33. The molecule has 0 aliphatic rings. The lowest BCUT2D eigenvalue weighted by Gasteiger charge is -2.26. The molecule has 0 spiro atoms. The van der Waals surface area contributed by atoms with Crippen LogP contribution in [0.15, 0.2) is 36.9 Å². The van der Waals surface area contributed by atoms with E-state index in [1.165, 1.54) is 5.56 Å². The molecule has 1 unspecified atom stereocenters. The maximum Gasteiger partial charge on any atom is 0.0406 e. The van der Waals surface area contributed by atoms with E-state index < -0.39 is 0 Å². The van der Waals surface area contributed by atoms with Crippen molar-refractivity contribution in [1.29, 1.82) is 0 Å². The molecule has 0 saturated heterocycles. The van der Waals surface area contributed by atoms with Crippen molar-refractivity contribution in [3.8, 4) is 0 Å². The molecule has 1 aromatic carbocycles. The fourth-order valence-electron chi connectivity index (χ4n) is 1.83. The van der Waals surface area contributed by atoms with Gasteiger partial charge in [0, 0.05) is 17.0 Å². The Labute approximate surface area is 110 Å². The van der Waals surface area contributed by atoms with Crippen molar-refractivity contribution in [1.82, 2.24) is 5.32 Å². The lowest BCUT2D eigenvalue weighted by Crippen LogP contribution is -2.32. The predicted octanol–water partition coefficient (Wildman–Crippen LogP) is 4.07. The molecular weight excluding hydrogens is 230 g/mol. The fraction of sp³-hybridized carbons (Fsp3) is 0.467. The normalized spacial score (nSPS) is 14.3. The Balaban J connectivity index is 2.61. The van der Waals surface area contributed by atoms with E-state index in [2.05, 4.69) is 37.9 Å². The lowest BCUT2D eigenvalue weighted by atomic mass is 9.83. The molecule has 0 saturated carbocycles. The van der Waals surface area contributed by atoms with Crippen LogP contribution in [0.1, 0.15) is 25.8 Å². The minimum absolute atomic E-state index is 0.100. The number of hydrogen-bond donors (Lipinski definition) is 1. The second-order valence-electron chi connectivity index (χ2n) is 4.84. The summed E-state index contributed by atoms with van der Waals surface area (Å²) in [7, 11) is 0. The van der Waals surface area contributed by atoms with Crippen molar-refractivity contribution >= 4 is 11.6 Å². The molecule has 1 N–H and O–H groups in total. The molecule has 0 fully saturated rings. The minimum atomic E-state index is 0.100. The summed E-state index contributed by atoms with van der Waals surface area (Å²) >= 11 is 5.89. The quantitative estimate of drug-likeness (QED) is 0.569. The average molecular weight is 252 g/mol. The predicted molar refractivity (Wildman–Crippen MR) is 76.6 cm³/mol. The third-order valence-corrected chi connectivity index (χ3v) is 3.22. The smallest absolute Gasteiger partial charge is 0.0406 e. The van der Waals surface area contributed by atoms with Gasteiger partial charge in [-0.2, -0.15) is 0 Å². The van der Waals surface area contributed by atoms with Gasteiger partial charge >= 0.3 is 0 Å². The van der Waals surface area contributed by atoms with Crippen LogP contribution in [0, 0.1) is 5.41 Å². The molecule has 0 bridgehead atoms.